The predicted octanol–water partition coefficient (Wildman–Crippen LogP) is 5.63. The Hall–Kier alpha value is -3.46. The molecule has 0 heterocycles. The highest BCUT2D eigenvalue weighted by Gasteiger charge is 2.31. The summed E-state index contributed by atoms with van der Waals surface area (Å²) in [7, 11) is 0. The summed E-state index contributed by atoms with van der Waals surface area (Å²) in [4.78, 5) is 52.4. The zero-order valence-corrected chi connectivity index (χ0v) is 19.9. The second-order valence-electron chi connectivity index (χ2n) is 8.69. The van der Waals surface area contributed by atoms with Gasteiger partial charge >= 0.3 is 0 Å². The minimum atomic E-state index is -0.674. The van der Waals surface area contributed by atoms with Crippen LogP contribution in [0.1, 0.15) is 68.2 Å². The third kappa shape index (κ3) is 8.53. The number of Topliss-reactive ketones (excluding diaryl/α,β-unsaturated/α-hetero) is 2. The molecule has 2 aromatic rings. The molecule has 0 amide bonds. The molecular weight excluding hydrogens is 416 g/mol. The van der Waals surface area contributed by atoms with Crippen molar-refractivity contribution >= 4 is 23.7 Å². The highest BCUT2D eigenvalue weighted by atomic mass is 16.1. The Morgan fingerprint density at radius 3 is 1.55 bits per heavy atom. The van der Waals surface area contributed by atoms with Crippen molar-refractivity contribution in [2.24, 2.45) is 21.3 Å². The summed E-state index contributed by atoms with van der Waals surface area (Å²) in [6.45, 7) is 9.62. The van der Waals surface area contributed by atoms with E-state index in [2.05, 4.69) is 9.98 Å². The van der Waals surface area contributed by atoms with Crippen molar-refractivity contribution in [1.29, 1.82) is 0 Å². The average Bonchev–Trinajstić information content (AvgIpc) is 2.82. The molecule has 174 valence electrons. The molecule has 2 atom stereocenters. The van der Waals surface area contributed by atoms with Crippen LogP contribution in [0.25, 0.3) is 0 Å². The normalized spacial score (nSPS) is 12.3. The Labute approximate surface area is 195 Å². The molecule has 0 fully saturated rings. The highest BCUT2D eigenvalue weighted by molar-refractivity contribution is 6.01. The van der Waals surface area contributed by atoms with Crippen molar-refractivity contribution in [2.45, 2.75) is 59.5 Å². The van der Waals surface area contributed by atoms with Gasteiger partial charge in [0.15, 0.2) is 11.6 Å². The van der Waals surface area contributed by atoms with Crippen molar-refractivity contribution in [2.75, 3.05) is 0 Å². The molecule has 6 nitrogen and oxygen atoms in total. The van der Waals surface area contributed by atoms with Crippen molar-refractivity contribution < 1.29 is 19.2 Å². The van der Waals surface area contributed by atoms with Gasteiger partial charge in [-0.05, 0) is 11.3 Å². The van der Waals surface area contributed by atoms with E-state index in [1.807, 2.05) is 58.9 Å². The quantitative estimate of drug-likeness (QED) is 0.282. The van der Waals surface area contributed by atoms with E-state index in [1.165, 1.54) is 12.2 Å². The van der Waals surface area contributed by atoms with E-state index >= 15 is 0 Å². The van der Waals surface area contributed by atoms with Crippen LogP contribution in [0.4, 0.5) is 0 Å². The molecule has 0 saturated carbocycles. The molecule has 0 spiro atoms. The second-order valence-corrected chi connectivity index (χ2v) is 8.69. The predicted molar refractivity (Wildman–Crippen MR) is 129 cm³/mol. The van der Waals surface area contributed by atoms with E-state index in [-0.39, 0.29) is 22.9 Å². The van der Waals surface area contributed by atoms with Gasteiger partial charge in [0.1, 0.15) is 12.1 Å². The number of carbonyl (C=O) groups excluding carboxylic acids is 4. The molecule has 0 aliphatic heterocycles. The summed E-state index contributed by atoms with van der Waals surface area (Å²) in [5, 5.41) is 0. The Morgan fingerprint density at radius 2 is 1.18 bits per heavy atom. The fraction of sp³-hybridized carbons (Fsp3) is 0.407. The first kappa shape index (κ1) is 27.6. The van der Waals surface area contributed by atoms with Crippen LogP contribution in [-0.4, -0.2) is 35.8 Å². The molecular formula is C27H32N2O4. The molecule has 0 unspecified atom stereocenters. The third-order valence-corrected chi connectivity index (χ3v) is 5.32. The minimum Gasteiger partial charge on any atom is -0.292 e. The number of carbonyl (C=O) groups is 2. The summed E-state index contributed by atoms with van der Waals surface area (Å²) in [5.41, 5.74) is 0.787. The number of isocyanates is 2. The molecule has 2 aromatic carbocycles. The van der Waals surface area contributed by atoms with E-state index in [1.54, 1.807) is 36.4 Å². The Bertz CT molecular complexity index is 980. The van der Waals surface area contributed by atoms with Crippen molar-refractivity contribution in [3.05, 3.63) is 71.8 Å². The van der Waals surface area contributed by atoms with Gasteiger partial charge in [-0.3, -0.25) is 9.59 Å². The largest absolute Gasteiger partial charge is 0.292 e. The van der Waals surface area contributed by atoms with Crippen LogP contribution in [0.5, 0.6) is 0 Å². The summed E-state index contributed by atoms with van der Waals surface area (Å²) in [6.07, 6.45) is 4.65. The van der Waals surface area contributed by atoms with E-state index in [0.29, 0.717) is 11.1 Å². The summed E-state index contributed by atoms with van der Waals surface area (Å²) >= 11 is 0. The Kier molecular flexibility index (Phi) is 11.6. The fourth-order valence-corrected chi connectivity index (χ4v) is 3.40. The summed E-state index contributed by atoms with van der Waals surface area (Å²) < 4.78 is 0. The van der Waals surface area contributed by atoms with Crippen LogP contribution < -0.4 is 0 Å². The number of benzene rings is 2. The average molecular weight is 449 g/mol. The maximum Gasteiger partial charge on any atom is 0.235 e. The van der Waals surface area contributed by atoms with Crippen LogP contribution in [0, 0.1) is 11.3 Å². The molecule has 33 heavy (non-hydrogen) atoms. The first-order valence-electron chi connectivity index (χ1n) is 11.0. The van der Waals surface area contributed by atoms with Gasteiger partial charge in [-0.15, -0.1) is 0 Å². The molecule has 2 rings (SSSR count). The number of ketones is 2. The van der Waals surface area contributed by atoms with Gasteiger partial charge in [0.25, 0.3) is 0 Å². The van der Waals surface area contributed by atoms with Gasteiger partial charge in [-0.25, -0.2) is 9.59 Å². The van der Waals surface area contributed by atoms with Gasteiger partial charge in [-0.1, -0.05) is 108 Å². The van der Waals surface area contributed by atoms with E-state index in [9.17, 15) is 19.2 Å². The lowest BCUT2D eigenvalue weighted by Gasteiger charge is -2.24. The standard InChI is InChI=1S/C14H17NO2.C13H15NO2/c1-3-11(4-2)13(15-10-16)14(17)12-8-6-5-7-9-12;1-13(2,3)12(14-9-15)11(16)10-7-5-4-6-8-10/h5-9,11,13H,3-4H2,1-2H3;4-8,12H,1-3H3/t13-;12-/m01/s1. The monoisotopic (exact) mass is 448 g/mol. The van der Waals surface area contributed by atoms with Gasteiger partial charge in [-0.2, -0.15) is 9.98 Å². The number of hydrogen-bond donors (Lipinski definition) is 0. The van der Waals surface area contributed by atoms with Crippen LogP contribution in [0.15, 0.2) is 70.6 Å². The minimum absolute atomic E-state index is 0.0948. The Morgan fingerprint density at radius 1 is 0.758 bits per heavy atom. The Balaban J connectivity index is 0.000000331. The molecule has 0 aliphatic carbocycles. The highest BCUT2D eigenvalue weighted by Crippen LogP contribution is 2.25. The van der Waals surface area contributed by atoms with E-state index in [0.717, 1.165) is 12.8 Å². The van der Waals surface area contributed by atoms with Gasteiger partial charge < -0.3 is 0 Å². The van der Waals surface area contributed by atoms with Crippen molar-refractivity contribution in [3.8, 4) is 0 Å². The zero-order valence-electron chi connectivity index (χ0n) is 19.9. The first-order chi connectivity index (χ1) is 15.7. The summed E-state index contributed by atoms with van der Waals surface area (Å²) in [6, 6.07) is 16.6. The molecule has 0 saturated heterocycles. The smallest absolute Gasteiger partial charge is 0.235 e. The first-order valence-corrected chi connectivity index (χ1v) is 11.0. The van der Waals surface area contributed by atoms with Gasteiger partial charge in [0.05, 0.1) is 0 Å². The number of nitrogens with zero attached hydrogens (tertiary/aromatic N) is 2. The number of aliphatic imine (C=N–C) groups is 2. The van der Waals surface area contributed by atoms with Gasteiger partial charge in [0.2, 0.25) is 12.2 Å². The van der Waals surface area contributed by atoms with Crippen molar-refractivity contribution in [1.82, 2.24) is 0 Å². The van der Waals surface area contributed by atoms with Gasteiger partial charge in [0, 0.05) is 11.1 Å². The second kappa shape index (κ2) is 13.8. The van der Waals surface area contributed by atoms with E-state index in [4.69, 9.17) is 0 Å². The van der Waals surface area contributed by atoms with Crippen LogP contribution in [0.3, 0.4) is 0 Å². The zero-order chi connectivity index (χ0) is 24.9. The third-order valence-electron chi connectivity index (χ3n) is 5.32. The number of rotatable bonds is 9. The van der Waals surface area contributed by atoms with Crippen LogP contribution in [-0.2, 0) is 9.59 Å². The summed E-state index contributed by atoms with van der Waals surface area (Å²) in [5.74, 6) is -0.136. The molecule has 0 bridgehead atoms. The maximum absolute atomic E-state index is 12.2. The molecule has 0 radical (unpaired) electrons. The van der Waals surface area contributed by atoms with E-state index < -0.39 is 12.1 Å². The number of hydrogen-bond acceptors (Lipinski definition) is 6. The lowest BCUT2D eigenvalue weighted by molar-refractivity contribution is 0.0901. The maximum atomic E-state index is 12.2. The lowest BCUT2D eigenvalue weighted by Crippen LogP contribution is -2.32. The molecule has 0 N–H and O–H groups in total. The van der Waals surface area contributed by atoms with Crippen molar-refractivity contribution in [3.63, 3.8) is 0 Å². The lowest BCUT2D eigenvalue weighted by atomic mass is 9.82. The SMILES string of the molecule is CC(C)(C)[C@H](N=C=O)C(=O)c1ccccc1.CCC(CC)[C@H](N=C=O)C(=O)c1ccccc1. The fourth-order valence-electron chi connectivity index (χ4n) is 3.40. The van der Waals surface area contributed by atoms with Crippen LogP contribution in [0.2, 0.25) is 0 Å². The molecule has 6 heteroatoms. The molecule has 0 aromatic heterocycles. The molecule has 0 aliphatic rings. The van der Waals surface area contributed by atoms with Crippen LogP contribution >= 0.6 is 0 Å². The topological polar surface area (TPSA) is 93.0 Å².